The van der Waals surface area contributed by atoms with Crippen LogP contribution in [0.2, 0.25) is 5.02 Å². The summed E-state index contributed by atoms with van der Waals surface area (Å²) in [6, 6.07) is 3.98. The van der Waals surface area contributed by atoms with Gasteiger partial charge in [0.1, 0.15) is 16.6 Å². The van der Waals surface area contributed by atoms with Gasteiger partial charge in [-0.05, 0) is 12.1 Å². The lowest BCUT2D eigenvalue weighted by Crippen LogP contribution is -1.84. The van der Waals surface area contributed by atoms with Crippen LogP contribution in [0.3, 0.4) is 0 Å². The van der Waals surface area contributed by atoms with Gasteiger partial charge in [-0.3, -0.25) is 0 Å². The van der Waals surface area contributed by atoms with Gasteiger partial charge < -0.3 is 9.84 Å². The quantitative estimate of drug-likeness (QED) is 0.922. The summed E-state index contributed by atoms with van der Waals surface area (Å²) in [4.78, 5) is 0. The Morgan fingerprint density at radius 3 is 2.88 bits per heavy atom. The number of aliphatic hydroxyl groups excluding tert-OH is 1. The molecule has 0 amide bonds. The molecule has 4 nitrogen and oxygen atoms in total. The van der Waals surface area contributed by atoms with Crippen LogP contribution >= 0.6 is 22.9 Å². The third-order valence-electron chi connectivity index (χ3n) is 1.68. The summed E-state index contributed by atoms with van der Waals surface area (Å²) in [5.41, 5.74) is 0. The van der Waals surface area contributed by atoms with E-state index < -0.39 is 5.82 Å². The molecule has 0 bridgehead atoms. The largest absolute Gasteiger partial charge is 0.430 e. The number of ether oxygens (including phenoxy) is 1. The minimum atomic E-state index is -0.512. The van der Waals surface area contributed by atoms with Gasteiger partial charge in [0.2, 0.25) is 0 Å². The first-order valence-corrected chi connectivity index (χ1v) is 5.44. The van der Waals surface area contributed by atoms with Crippen molar-refractivity contribution in [1.82, 2.24) is 10.2 Å². The second-order valence-electron chi connectivity index (χ2n) is 2.80. The van der Waals surface area contributed by atoms with Crippen LogP contribution in [0.4, 0.5) is 4.39 Å². The molecule has 2 rings (SSSR count). The molecule has 1 aromatic carbocycles. The van der Waals surface area contributed by atoms with Gasteiger partial charge in [0.25, 0.3) is 5.19 Å². The number of hydrogen-bond acceptors (Lipinski definition) is 5. The Labute approximate surface area is 99.3 Å². The summed E-state index contributed by atoms with van der Waals surface area (Å²) in [6.45, 7) is -0.189. The molecular formula is C9H6ClFN2O2S. The van der Waals surface area contributed by atoms with Crippen LogP contribution in [0, 0.1) is 5.82 Å². The summed E-state index contributed by atoms with van der Waals surface area (Å²) >= 11 is 6.69. The predicted octanol–water partition coefficient (Wildman–Crippen LogP) is 2.62. The fourth-order valence-corrected chi connectivity index (χ4v) is 1.72. The molecule has 0 saturated carbocycles. The Hall–Kier alpha value is -1.24. The van der Waals surface area contributed by atoms with Gasteiger partial charge in [-0.15, -0.1) is 5.10 Å². The molecule has 2 aromatic rings. The molecule has 0 atom stereocenters. The summed E-state index contributed by atoms with van der Waals surface area (Å²) in [7, 11) is 0. The zero-order chi connectivity index (χ0) is 11.5. The molecule has 7 heteroatoms. The highest BCUT2D eigenvalue weighted by Crippen LogP contribution is 2.27. The number of nitrogens with zero attached hydrogens (tertiary/aromatic N) is 2. The zero-order valence-corrected chi connectivity index (χ0v) is 9.43. The highest BCUT2D eigenvalue weighted by Gasteiger charge is 2.07. The lowest BCUT2D eigenvalue weighted by atomic mass is 10.3. The van der Waals surface area contributed by atoms with Crippen LogP contribution < -0.4 is 4.74 Å². The highest BCUT2D eigenvalue weighted by atomic mass is 35.5. The van der Waals surface area contributed by atoms with Gasteiger partial charge in [-0.25, -0.2) is 4.39 Å². The molecule has 1 N–H and O–H groups in total. The molecule has 0 unspecified atom stereocenters. The van der Waals surface area contributed by atoms with Gasteiger partial charge in [-0.2, -0.15) is 0 Å². The molecule has 0 saturated heterocycles. The number of benzene rings is 1. The van der Waals surface area contributed by atoms with Crippen molar-refractivity contribution in [2.45, 2.75) is 6.61 Å². The Kier molecular flexibility index (Phi) is 3.33. The lowest BCUT2D eigenvalue weighted by molar-refractivity contribution is 0.280. The summed E-state index contributed by atoms with van der Waals surface area (Å²) in [5, 5.41) is 16.8. The van der Waals surface area contributed by atoms with E-state index in [1.165, 1.54) is 18.2 Å². The maximum atomic E-state index is 12.9. The van der Waals surface area contributed by atoms with Crippen LogP contribution in [0.5, 0.6) is 10.9 Å². The van der Waals surface area contributed by atoms with Crippen LogP contribution in [-0.2, 0) is 6.61 Å². The maximum Gasteiger partial charge on any atom is 0.299 e. The molecule has 0 aliphatic heterocycles. The van der Waals surface area contributed by atoms with Gasteiger partial charge in [-0.1, -0.05) is 28.0 Å². The van der Waals surface area contributed by atoms with E-state index in [1.54, 1.807) is 0 Å². The fraction of sp³-hybridized carbons (Fsp3) is 0.111. The molecule has 16 heavy (non-hydrogen) atoms. The maximum absolute atomic E-state index is 12.9. The molecule has 0 fully saturated rings. The topological polar surface area (TPSA) is 55.2 Å². The Bertz CT molecular complexity index is 506. The number of aromatic nitrogens is 2. The smallest absolute Gasteiger partial charge is 0.299 e. The predicted molar refractivity (Wildman–Crippen MR) is 57.3 cm³/mol. The number of hydrogen-bond donors (Lipinski definition) is 1. The van der Waals surface area contributed by atoms with Gasteiger partial charge in [0, 0.05) is 6.07 Å². The van der Waals surface area contributed by atoms with Crippen molar-refractivity contribution in [3.05, 3.63) is 34.0 Å². The van der Waals surface area contributed by atoms with E-state index in [0.717, 1.165) is 11.3 Å². The summed E-state index contributed by atoms with van der Waals surface area (Å²) in [6.07, 6.45) is 0. The molecule has 1 heterocycles. The molecule has 0 spiro atoms. The molecule has 0 aliphatic rings. The van der Waals surface area contributed by atoms with Crippen LogP contribution in [-0.4, -0.2) is 15.3 Å². The SMILES string of the molecule is OCc1nnc(Oc2ccc(F)c(Cl)c2)s1. The molecule has 0 radical (unpaired) electrons. The molecule has 0 aliphatic carbocycles. The van der Waals surface area contributed by atoms with Crippen molar-refractivity contribution >= 4 is 22.9 Å². The third-order valence-corrected chi connectivity index (χ3v) is 2.76. The van der Waals surface area contributed by atoms with E-state index >= 15 is 0 Å². The second-order valence-corrected chi connectivity index (χ2v) is 4.23. The van der Waals surface area contributed by atoms with Gasteiger partial charge >= 0.3 is 0 Å². The first-order chi connectivity index (χ1) is 7.69. The average Bonchev–Trinajstić information content (AvgIpc) is 2.71. The third kappa shape index (κ3) is 2.46. The minimum Gasteiger partial charge on any atom is -0.430 e. The van der Waals surface area contributed by atoms with E-state index in [1.807, 2.05) is 0 Å². The van der Waals surface area contributed by atoms with E-state index in [0.29, 0.717) is 10.8 Å². The van der Waals surface area contributed by atoms with Gasteiger partial charge in [0.15, 0.2) is 0 Å². The number of halogens is 2. The second kappa shape index (κ2) is 4.73. The average molecular weight is 261 g/mol. The Balaban J connectivity index is 2.17. The van der Waals surface area contributed by atoms with Crippen molar-refractivity contribution in [2.75, 3.05) is 0 Å². The van der Waals surface area contributed by atoms with Crippen LogP contribution in [0.1, 0.15) is 5.01 Å². The zero-order valence-electron chi connectivity index (χ0n) is 7.85. The minimum absolute atomic E-state index is 0.0237. The Morgan fingerprint density at radius 2 is 2.25 bits per heavy atom. The number of aliphatic hydroxyl groups is 1. The summed E-state index contributed by atoms with van der Waals surface area (Å²) < 4.78 is 18.1. The van der Waals surface area contributed by atoms with Crippen molar-refractivity contribution in [2.24, 2.45) is 0 Å². The number of rotatable bonds is 3. The highest BCUT2D eigenvalue weighted by molar-refractivity contribution is 7.13. The van der Waals surface area contributed by atoms with Crippen LogP contribution in [0.15, 0.2) is 18.2 Å². The normalized spacial score (nSPS) is 10.4. The van der Waals surface area contributed by atoms with E-state index in [4.69, 9.17) is 21.4 Å². The van der Waals surface area contributed by atoms with Crippen LogP contribution in [0.25, 0.3) is 0 Å². The monoisotopic (exact) mass is 260 g/mol. The van der Waals surface area contributed by atoms with Crippen molar-refractivity contribution in [1.29, 1.82) is 0 Å². The van der Waals surface area contributed by atoms with E-state index in [2.05, 4.69) is 10.2 Å². The fourth-order valence-electron chi connectivity index (χ4n) is 0.985. The van der Waals surface area contributed by atoms with Gasteiger partial charge in [0.05, 0.1) is 11.6 Å². The summed E-state index contributed by atoms with van der Waals surface area (Å²) in [5.74, 6) is -0.144. The van der Waals surface area contributed by atoms with E-state index in [-0.39, 0.29) is 16.8 Å². The van der Waals surface area contributed by atoms with Crippen molar-refractivity contribution in [3.63, 3.8) is 0 Å². The first-order valence-electron chi connectivity index (χ1n) is 4.25. The standard InChI is InChI=1S/C9H6ClFN2O2S/c10-6-3-5(1-2-7(6)11)15-9-13-12-8(4-14)16-9/h1-3,14H,4H2. The molecule has 1 aromatic heterocycles. The van der Waals surface area contributed by atoms with E-state index in [9.17, 15) is 4.39 Å². The molecular weight excluding hydrogens is 255 g/mol. The van der Waals surface area contributed by atoms with Crippen molar-refractivity contribution in [3.8, 4) is 10.9 Å². The van der Waals surface area contributed by atoms with Crippen molar-refractivity contribution < 1.29 is 14.2 Å². The lowest BCUT2D eigenvalue weighted by Gasteiger charge is -2.01. The Morgan fingerprint density at radius 1 is 1.44 bits per heavy atom. The first kappa shape index (κ1) is 11.3. The molecule has 84 valence electrons.